The third-order valence-electron chi connectivity index (χ3n) is 3.50. The van der Waals surface area contributed by atoms with Crippen LogP contribution in [0.4, 0.5) is 0 Å². The molecule has 1 aliphatic rings. The van der Waals surface area contributed by atoms with Crippen molar-refractivity contribution in [2.45, 2.75) is 46.0 Å². The minimum Gasteiger partial charge on any atom is -0.354 e. The van der Waals surface area contributed by atoms with Crippen LogP contribution in [0.3, 0.4) is 0 Å². The average Bonchev–Trinajstić information content (AvgIpc) is 2.28. The predicted molar refractivity (Wildman–Crippen MR) is 60.5 cm³/mol. The molecule has 0 bridgehead atoms. The molecule has 1 aromatic rings. The highest BCUT2D eigenvalue weighted by Gasteiger charge is 2.38. The Bertz CT molecular complexity index is 355. The van der Waals surface area contributed by atoms with Crippen molar-refractivity contribution < 1.29 is 0 Å². The Morgan fingerprint density at radius 2 is 1.86 bits per heavy atom. The van der Waals surface area contributed by atoms with Crippen LogP contribution < -0.4 is 0 Å². The van der Waals surface area contributed by atoms with E-state index in [0.29, 0.717) is 10.8 Å². The highest BCUT2D eigenvalue weighted by molar-refractivity contribution is 5.34. The van der Waals surface area contributed by atoms with E-state index >= 15 is 0 Å². The average molecular weight is 191 g/mol. The highest BCUT2D eigenvalue weighted by atomic mass is 14.9. The summed E-state index contributed by atoms with van der Waals surface area (Å²) in [6.45, 7) is 9.49. The molecule has 1 aromatic heterocycles. The van der Waals surface area contributed by atoms with Crippen molar-refractivity contribution in [3.05, 3.63) is 23.5 Å². The summed E-state index contributed by atoms with van der Waals surface area (Å²) in [5, 5.41) is 0. The van der Waals surface area contributed by atoms with E-state index in [1.54, 1.807) is 5.56 Å². The van der Waals surface area contributed by atoms with Crippen molar-refractivity contribution in [2.75, 3.05) is 0 Å². The second kappa shape index (κ2) is 2.65. The molecule has 0 fully saturated rings. The van der Waals surface area contributed by atoms with Crippen molar-refractivity contribution in [1.29, 1.82) is 0 Å². The summed E-state index contributed by atoms with van der Waals surface area (Å²) >= 11 is 0. The Morgan fingerprint density at radius 3 is 2.50 bits per heavy atom. The molecular formula is C13H21N. The van der Waals surface area contributed by atoms with Crippen molar-refractivity contribution in [2.24, 2.45) is 12.5 Å². The van der Waals surface area contributed by atoms with Gasteiger partial charge in [-0.2, -0.15) is 0 Å². The molecular weight excluding hydrogens is 170 g/mol. The van der Waals surface area contributed by atoms with Gasteiger partial charge in [0, 0.05) is 18.9 Å². The molecule has 78 valence electrons. The van der Waals surface area contributed by atoms with Gasteiger partial charge in [0.05, 0.1) is 0 Å². The fourth-order valence-electron chi connectivity index (χ4n) is 3.21. The van der Waals surface area contributed by atoms with E-state index in [0.717, 1.165) is 0 Å². The van der Waals surface area contributed by atoms with Crippen LogP contribution in [0.25, 0.3) is 0 Å². The lowest BCUT2D eigenvalue weighted by molar-refractivity contribution is 0.226. The molecule has 0 unspecified atom stereocenters. The Labute approximate surface area is 87.1 Å². The molecule has 0 aromatic carbocycles. The van der Waals surface area contributed by atoms with Crippen molar-refractivity contribution in [3.8, 4) is 0 Å². The van der Waals surface area contributed by atoms with Crippen LogP contribution in [0.15, 0.2) is 12.3 Å². The zero-order chi connectivity index (χ0) is 10.6. The van der Waals surface area contributed by atoms with Gasteiger partial charge in [0.15, 0.2) is 0 Å². The van der Waals surface area contributed by atoms with Crippen LogP contribution in [0, 0.1) is 5.41 Å². The fraction of sp³-hybridized carbons (Fsp3) is 0.692. The normalized spacial score (nSPS) is 23.2. The lowest BCUT2D eigenvalue weighted by Gasteiger charge is -2.41. The van der Waals surface area contributed by atoms with Crippen LogP contribution in [-0.4, -0.2) is 4.57 Å². The van der Waals surface area contributed by atoms with E-state index in [-0.39, 0.29) is 0 Å². The van der Waals surface area contributed by atoms with Crippen LogP contribution in [0.5, 0.6) is 0 Å². The first kappa shape index (κ1) is 9.82. The quantitative estimate of drug-likeness (QED) is 0.593. The van der Waals surface area contributed by atoms with Gasteiger partial charge in [-0.1, -0.05) is 27.7 Å². The van der Waals surface area contributed by atoms with Crippen LogP contribution in [-0.2, 0) is 18.9 Å². The van der Waals surface area contributed by atoms with E-state index in [1.165, 1.54) is 18.5 Å². The van der Waals surface area contributed by atoms with E-state index in [4.69, 9.17) is 0 Å². The number of aromatic nitrogens is 1. The van der Waals surface area contributed by atoms with Gasteiger partial charge in [-0.15, -0.1) is 0 Å². The maximum atomic E-state index is 2.38. The Kier molecular flexibility index (Phi) is 1.86. The minimum absolute atomic E-state index is 0.346. The maximum absolute atomic E-state index is 2.38. The van der Waals surface area contributed by atoms with Gasteiger partial charge in [0.2, 0.25) is 0 Å². The Morgan fingerprint density at radius 1 is 1.21 bits per heavy atom. The largest absolute Gasteiger partial charge is 0.354 e. The maximum Gasteiger partial charge on any atom is 0.0214 e. The number of hydrogen-bond acceptors (Lipinski definition) is 0. The van der Waals surface area contributed by atoms with Gasteiger partial charge < -0.3 is 4.57 Å². The fourth-order valence-corrected chi connectivity index (χ4v) is 3.21. The molecule has 1 aliphatic carbocycles. The van der Waals surface area contributed by atoms with Gasteiger partial charge in [-0.25, -0.2) is 0 Å². The number of hydrogen-bond donors (Lipinski definition) is 0. The molecule has 0 saturated carbocycles. The van der Waals surface area contributed by atoms with Gasteiger partial charge >= 0.3 is 0 Å². The molecule has 0 saturated heterocycles. The van der Waals surface area contributed by atoms with E-state index in [2.05, 4.69) is 51.6 Å². The smallest absolute Gasteiger partial charge is 0.0214 e. The van der Waals surface area contributed by atoms with Crippen molar-refractivity contribution in [3.63, 3.8) is 0 Å². The van der Waals surface area contributed by atoms with Gasteiger partial charge in [0.1, 0.15) is 0 Å². The predicted octanol–water partition coefficient (Wildman–Crippen LogP) is 3.28. The lowest BCUT2D eigenvalue weighted by atomic mass is 9.64. The molecule has 1 nitrogen and oxygen atoms in total. The number of nitrogens with zero attached hydrogens (tertiary/aromatic N) is 1. The SMILES string of the molecule is Cn1ccc2c1CC(C)(C)CC2(C)C. The molecule has 0 atom stereocenters. The second-order valence-corrected chi connectivity index (χ2v) is 6.19. The van der Waals surface area contributed by atoms with Gasteiger partial charge in [-0.3, -0.25) is 0 Å². The van der Waals surface area contributed by atoms with Crippen molar-refractivity contribution >= 4 is 0 Å². The first-order valence-electron chi connectivity index (χ1n) is 5.47. The minimum atomic E-state index is 0.346. The molecule has 0 spiro atoms. The van der Waals surface area contributed by atoms with Crippen LogP contribution in [0.1, 0.15) is 45.4 Å². The Balaban J connectivity index is 2.54. The third kappa shape index (κ3) is 1.39. The zero-order valence-electron chi connectivity index (χ0n) is 10.0. The topological polar surface area (TPSA) is 4.93 Å². The second-order valence-electron chi connectivity index (χ2n) is 6.19. The number of aryl methyl sites for hydroxylation is 1. The molecule has 14 heavy (non-hydrogen) atoms. The zero-order valence-corrected chi connectivity index (χ0v) is 10.0. The molecule has 0 N–H and O–H groups in total. The summed E-state index contributed by atoms with van der Waals surface area (Å²) in [5.41, 5.74) is 3.88. The van der Waals surface area contributed by atoms with E-state index < -0.39 is 0 Å². The molecule has 1 heterocycles. The van der Waals surface area contributed by atoms with E-state index in [1.807, 2.05) is 0 Å². The summed E-state index contributed by atoms with van der Waals surface area (Å²) in [7, 11) is 2.16. The summed E-state index contributed by atoms with van der Waals surface area (Å²) in [6.07, 6.45) is 4.71. The number of rotatable bonds is 0. The summed E-state index contributed by atoms with van der Waals surface area (Å²) in [5.74, 6) is 0. The van der Waals surface area contributed by atoms with Gasteiger partial charge in [-0.05, 0) is 35.3 Å². The standard InChI is InChI=1S/C13H21N/c1-12(2)8-11-10(6-7-14(11)5)13(3,4)9-12/h6-7H,8-9H2,1-5H3. The van der Waals surface area contributed by atoms with Crippen LogP contribution in [0.2, 0.25) is 0 Å². The summed E-state index contributed by atoms with van der Waals surface area (Å²) in [6, 6.07) is 2.30. The first-order valence-corrected chi connectivity index (χ1v) is 5.47. The summed E-state index contributed by atoms with van der Waals surface area (Å²) < 4.78 is 2.29. The summed E-state index contributed by atoms with van der Waals surface area (Å²) in [4.78, 5) is 0. The molecule has 0 aliphatic heterocycles. The molecule has 2 rings (SSSR count). The van der Waals surface area contributed by atoms with Gasteiger partial charge in [0.25, 0.3) is 0 Å². The highest BCUT2D eigenvalue weighted by Crippen LogP contribution is 2.45. The molecule has 1 heteroatoms. The van der Waals surface area contributed by atoms with Crippen molar-refractivity contribution in [1.82, 2.24) is 4.57 Å². The number of fused-ring (bicyclic) bond motifs is 1. The first-order chi connectivity index (χ1) is 6.32. The third-order valence-corrected chi connectivity index (χ3v) is 3.50. The lowest BCUT2D eigenvalue weighted by Crippen LogP contribution is -2.34. The van der Waals surface area contributed by atoms with Crippen LogP contribution >= 0.6 is 0 Å². The molecule has 0 amide bonds. The molecule has 0 radical (unpaired) electrons. The Hall–Kier alpha value is -0.720. The monoisotopic (exact) mass is 191 g/mol. The van der Waals surface area contributed by atoms with E-state index in [9.17, 15) is 0 Å².